The number of halogens is 1. The lowest BCUT2D eigenvalue weighted by atomic mass is 10.2. The second kappa shape index (κ2) is 9.75. The number of hydrogen-bond donors (Lipinski definition) is 2. The summed E-state index contributed by atoms with van der Waals surface area (Å²) in [5.74, 6) is 2.41. The van der Waals surface area contributed by atoms with Crippen molar-refractivity contribution in [1.29, 1.82) is 0 Å². The third-order valence-corrected chi connectivity index (χ3v) is 4.10. The molecule has 0 aliphatic rings. The average Bonchev–Trinajstić information content (AvgIpc) is 3.18. The molecule has 0 saturated carbocycles. The number of rotatable bonds is 7. The van der Waals surface area contributed by atoms with Crippen LogP contribution in [0.3, 0.4) is 0 Å². The molecule has 0 atom stereocenters. The second-order valence-electron chi connectivity index (χ2n) is 6.04. The quantitative estimate of drug-likeness (QED) is 0.359. The fraction of sp³-hybridized carbons (Fsp3) is 0.250. The Kier molecular flexibility index (Phi) is 6.86. The highest BCUT2D eigenvalue weighted by atomic mass is 35.5. The van der Waals surface area contributed by atoms with Crippen LogP contribution in [0.2, 0.25) is 5.02 Å². The van der Waals surface area contributed by atoms with E-state index in [1.165, 1.54) is 5.56 Å². The first-order chi connectivity index (χ1) is 13.6. The number of aliphatic imine (C=N–C) groups is 1. The fourth-order valence-electron chi connectivity index (χ4n) is 2.42. The van der Waals surface area contributed by atoms with Crippen LogP contribution in [0, 0.1) is 6.92 Å². The van der Waals surface area contributed by atoms with Gasteiger partial charge in [-0.05, 0) is 31.2 Å². The highest BCUT2D eigenvalue weighted by molar-refractivity contribution is 6.30. The lowest BCUT2D eigenvalue weighted by Gasteiger charge is -2.11. The van der Waals surface area contributed by atoms with E-state index in [4.69, 9.17) is 20.9 Å². The predicted molar refractivity (Wildman–Crippen MR) is 110 cm³/mol. The molecule has 0 aliphatic carbocycles. The van der Waals surface area contributed by atoms with Crippen molar-refractivity contribution in [2.45, 2.75) is 13.5 Å². The molecule has 0 spiro atoms. The number of hydrogen-bond acceptors (Lipinski definition) is 5. The van der Waals surface area contributed by atoms with Gasteiger partial charge >= 0.3 is 0 Å². The Bertz CT molecular complexity index is 924. The van der Waals surface area contributed by atoms with Gasteiger partial charge in [-0.15, -0.1) is 0 Å². The van der Waals surface area contributed by atoms with E-state index in [-0.39, 0.29) is 0 Å². The van der Waals surface area contributed by atoms with E-state index in [2.05, 4.69) is 25.8 Å². The van der Waals surface area contributed by atoms with Gasteiger partial charge in [0.2, 0.25) is 11.7 Å². The van der Waals surface area contributed by atoms with Crippen molar-refractivity contribution in [3.8, 4) is 17.1 Å². The molecule has 2 N–H and O–H groups in total. The number of nitrogens with one attached hydrogen (secondary N) is 2. The molecule has 1 aromatic heterocycles. The lowest BCUT2D eigenvalue weighted by molar-refractivity contribution is 0.321. The third-order valence-electron chi connectivity index (χ3n) is 3.87. The van der Waals surface area contributed by atoms with Crippen LogP contribution in [0.25, 0.3) is 11.4 Å². The van der Waals surface area contributed by atoms with E-state index < -0.39 is 0 Å². The summed E-state index contributed by atoms with van der Waals surface area (Å²) in [6.07, 6.45) is 0. The van der Waals surface area contributed by atoms with Gasteiger partial charge in [-0.2, -0.15) is 4.98 Å². The largest absolute Gasteiger partial charge is 0.492 e. The molecular weight excluding hydrogens is 378 g/mol. The van der Waals surface area contributed by atoms with Crippen molar-refractivity contribution in [2.24, 2.45) is 4.99 Å². The highest BCUT2D eigenvalue weighted by Gasteiger charge is 2.09. The zero-order chi connectivity index (χ0) is 19.8. The summed E-state index contributed by atoms with van der Waals surface area (Å²) in [6.45, 7) is 3.52. The summed E-state index contributed by atoms with van der Waals surface area (Å²) in [4.78, 5) is 8.53. The summed E-state index contributed by atoms with van der Waals surface area (Å²) >= 11 is 6.00. The number of nitrogens with zero attached hydrogens (tertiary/aromatic N) is 3. The van der Waals surface area contributed by atoms with Gasteiger partial charge < -0.3 is 19.9 Å². The molecule has 0 bridgehead atoms. The molecule has 0 fully saturated rings. The van der Waals surface area contributed by atoms with Crippen LogP contribution in [-0.2, 0) is 6.54 Å². The molecule has 1 heterocycles. The smallest absolute Gasteiger partial charge is 0.246 e. The first kappa shape index (κ1) is 19.7. The molecular formula is C20H22ClN5O2. The Labute approximate surface area is 168 Å². The molecule has 0 amide bonds. The normalized spacial score (nSPS) is 11.3. The molecule has 0 radical (unpaired) electrons. The number of ether oxygens (including phenoxy) is 1. The third kappa shape index (κ3) is 5.72. The van der Waals surface area contributed by atoms with Gasteiger partial charge in [0.05, 0.1) is 13.1 Å². The molecule has 0 saturated heterocycles. The summed E-state index contributed by atoms with van der Waals surface area (Å²) in [6, 6.07) is 15.3. The van der Waals surface area contributed by atoms with Crippen LogP contribution < -0.4 is 15.4 Å². The lowest BCUT2D eigenvalue weighted by Crippen LogP contribution is -2.38. The SMILES string of the molecule is CN=C(NCCOc1ccc(C)cc1)NCc1nc(-c2cccc(Cl)c2)no1. The molecule has 8 heteroatoms. The Morgan fingerprint density at radius 3 is 2.75 bits per heavy atom. The predicted octanol–water partition coefficient (Wildman–Crippen LogP) is 3.44. The van der Waals surface area contributed by atoms with Gasteiger partial charge in [-0.1, -0.05) is 46.6 Å². The molecule has 2 aromatic carbocycles. The van der Waals surface area contributed by atoms with Crippen LogP contribution in [0.1, 0.15) is 11.5 Å². The van der Waals surface area contributed by atoms with E-state index >= 15 is 0 Å². The maximum atomic E-state index is 6.00. The van der Waals surface area contributed by atoms with Crippen molar-refractivity contribution in [3.05, 3.63) is 65.0 Å². The Hall–Kier alpha value is -3.06. The molecule has 3 rings (SSSR count). The van der Waals surface area contributed by atoms with E-state index in [0.717, 1.165) is 11.3 Å². The Morgan fingerprint density at radius 1 is 1.18 bits per heavy atom. The number of benzene rings is 2. The zero-order valence-electron chi connectivity index (χ0n) is 15.8. The Morgan fingerprint density at radius 2 is 2.00 bits per heavy atom. The van der Waals surface area contributed by atoms with Crippen molar-refractivity contribution in [3.63, 3.8) is 0 Å². The van der Waals surface area contributed by atoms with Crippen LogP contribution in [0.5, 0.6) is 5.75 Å². The molecule has 0 aliphatic heterocycles. The van der Waals surface area contributed by atoms with Crippen LogP contribution in [0.4, 0.5) is 0 Å². The van der Waals surface area contributed by atoms with Crippen molar-refractivity contribution in [1.82, 2.24) is 20.8 Å². The molecule has 3 aromatic rings. The maximum Gasteiger partial charge on any atom is 0.246 e. The zero-order valence-corrected chi connectivity index (χ0v) is 16.5. The topological polar surface area (TPSA) is 84.6 Å². The van der Waals surface area contributed by atoms with Gasteiger partial charge in [0, 0.05) is 17.6 Å². The van der Waals surface area contributed by atoms with E-state index in [1.54, 1.807) is 19.2 Å². The van der Waals surface area contributed by atoms with Gasteiger partial charge in [0.25, 0.3) is 0 Å². The van der Waals surface area contributed by atoms with Gasteiger partial charge in [-0.3, -0.25) is 4.99 Å². The number of aromatic nitrogens is 2. The molecule has 7 nitrogen and oxygen atoms in total. The average molecular weight is 400 g/mol. The van der Waals surface area contributed by atoms with Crippen molar-refractivity contribution < 1.29 is 9.26 Å². The van der Waals surface area contributed by atoms with Crippen molar-refractivity contribution in [2.75, 3.05) is 20.2 Å². The summed E-state index contributed by atoms with van der Waals surface area (Å²) < 4.78 is 11.0. The monoisotopic (exact) mass is 399 g/mol. The van der Waals surface area contributed by atoms with Crippen LogP contribution in [-0.4, -0.2) is 36.3 Å². The minimum absolute atomic E-state index is 0.353. The number of aryl methyl sites for hydroxylation is 1. The number of guanidine groups is 1. The van der Waals surface area contributed by atoms with Gasteiger partial charge in [0.15, 0.2) is 5.96 Å². The minimum Gasteiger partial charge on any atom is -0.492 e. The first-order valence-electron chi connectivity index (χ1n) is 8.86. The van der Waals surface area contributed by atoms with Crippen LogP contribution >= 0.6 is 11.6 Å². The first-order valence-corrected chi connectivity index (χ1v) is 9.24. The van der Waals surface area contributed by atoms with Gasteiger partial charge in [0.1, 0.15) is 12.4 Å². The summed E-state index contributed by atoms with van der Waals surface area (Å²) in [7, 11) is 1.70. The minimum atomic E-state index is 0.353. The van der Waals surface area contributed by atoms with E-state index in [1.807, 2.05) is 43.3 Å². The second-order valence-corrected chi connectivity index (χ2v) is 6.47. The molecule has 28 heavy (non-hydrogen) atoms. The van der Waals surface area contributed by atoms with Crippen LogP contribution in [0.15, 0.2) is 58.0 Å². The molecule has 0 unspecified atom stereocenters. The van der Waals surface area contributed by atoms with Crippen molar-refractivity contribution >= 4 is 17.6 Å². The standard InChI is InChI=1S/C20H22ClN5O2/c1-14-6-8-17(9-7-14)27-11-10-23-20(22-2)24-13-18-25-19(26-28-18)15-4-3-5-16(21)12-15/h3-9,12H,10-11,13H2,1-2H3,(H2,22,23,24). The maximum absolute atomic E-state index is 6.00. The summed E-state index contributed by atoms with van der Waals surface area (Å²) in [5, 5.41) is 10.9. The van der Waals surface area contributed by atoms with E-state index in [9.17, 15) is 0 Å². The summed E-state index contributed by atoms with van der Waals surface area (Å²) in [5.41, 5.74) is 2.01. The van der Waals surface area contributed by atoms with Gasteiger partial charge in [-0.25, -0.2) is 0 Å². The van der Waals surface area contributed by atoms with E-state index in [0.29, 0.717) is 42.4 Å². The highest BCUT2D eigenvalue weighted by Crippen LogP contribution is 2.19. The fourth-order valence-corrected chi connectivity index (χ4v) is 2.61. The molecule has 146 valence electrons. The Balaban J connectivity index is 1.43.